The molecule has 6 nitrogen and oxygen atoms in total. The fourth-order valence-corrected chi connectivity index (χ4v) is 2.74. The van der Waals surface area contributed by atoms with E-state index in [0.29, 0.717) is 0 Å². The Morgan fingerprint density at radius 1 is 0.640 bits per heavy atom. The molecule has 0 atom stereocenters. The molecule has 0 fully saturated rings. The summed E-state index contributed by atoms with van der Waals surface area (Å²) < 4.78 is 7.99. The van der Waals surface area contributed by atoms with E-state index in [2.05, 4.69) is 19.3 Å². The molecule has 0 N–H and O–H groups in total. The molecule has 4 rings (SSSR count). The Kier molecular flexibility index (Phi) is 4.33. The Morgan fingerprint density at radius 2 is 1.08 bits per heavy atom. The molecule has 0 saturated carbocycles. The van der Waals surface area contributed by atoms with Gasteiger partial charge in [0.25, 0.3) is 12.7 Å². The van der Waals surface area contributed by atoms with Gasteiger partial charge in [0.05, 0.1) is 13.1 Å². The molecule has 4 aromatic rings. The number of aryl methyl sites for hydroxylation is 2. The van der Waals surface area contributed by atoms with Gasteiger partial charge in [0.2, 0.25) is 12.7 Å². The maximum absolute atomic E-state index is 4.41. The van der Waals surface area contributed by atoms with Crippen LogP contribution >= 0.6 is 0 Å². The highest BCUT2D eigenvalue weighted by molar-refractivity contribution is 5.29. The second-order valence-electron chi connectivity index (χ2n) is 5.88. The van der Waals surface area contributed by atoms with Crippen LogP contribution < -0.4 is 9.13 Å². The first-order chi connectivity index (χ1) is 12.4. The second-order valence-corrected chi connectivity index (χ2v) is 5.88. The maximum Gasteiger partial charge on any atom is 0.265 e. The number of benzene rings is 2. The smallest absolute Gasteiger partial charge is 0.237 e. The summed E-state index contributed by atoms with van der Waals surface area (Å²) in [5, 5.41) is 8.82. The minimum atomic E-state index is 0.913. The highest BCUT2D eigenvalue weighted by atomic mass is 15.4. The molecular formula is C19H20N6+2. The third kappa shape index (κ3) is 3.63. The van der Waals surface area contributed by atoms with Crippen LogP contribution in [0.5, 0.6) is 0 Å². The molecule has 6 heteroatoms. The lowest BCUT2D eigenvalue weighted by molar-refractivity contribution is -0.727. The molecule has 0 unspecified atom stereocenters. The number of hydrogen-bond donors (Lipinski definition) is 0. The van der Waals surface area contributed by atoms with Crippen molar-refractivity contribution in [2.24, 2.45) is 0 Å². The van der Waals surface area contributed by atoms with E-state index in [-0.39, 0.29) is 0 Å². The molecule has 25 heavy (non-hydrogen) atoms. The van der Waals surface area contributed by atoms with Crippen molar-refractivity contribution in [3.63, 3.8) is 0 Å². The third-order valence-corrected chi connectivity index (χ3v) is 4.04. The van der Waals surface area contributed by atoms with Gasteiger partial charge in [0.1, 0.15) is 11.4 Å². The van der Waals surface area contributed by atoms with Crippen LogP contribution in [-0.2, 0) is 13.1 Å². The number of para-hydroxylation sites is 2. The predicted molar refractivity (Wildman–Crippen MR) is 92.1 cm³/mol. The van der Waals surface area contributed by atoms with E-state index in [9.17, 15) is 0 Å². The lowest BCUT2D eigenvalue weighted by atomic mass is 10.3. The zero-order valence-corrected chi connectivity index (χ0v) is 13.9. The van der Waals surface area contributed by atoms with Crippen LogP contribution in [-0.4, -0.2) is 19.6 Å². The molecule has 2 aromatic heterocycles. The van der Waals surface area contributed by atoms with Crippen molar-refractivity contribution < 1.29 is 9.13 Å². The average Bonchev–Trinajstić information content (AvgIpc) is 3.33. The summed E-state index contributed by atoms with van der Waals surface area (Å²) >= 11 is 0. The Morgan fingerprint density at radius 3 is 1.52 bits per heavy atom. The molecule has 124 valence electrons. The van der Waals surface area contributed by atoms with Crippen LogP contribution in [0.1, 0.15) is 6.42 Å². The number of hydrogen-bond acceptors (Lipinski definition) is 2. The summed E-state index contributed by atoms with van der Waals surface area (Å²) in [7, 11) is 0. The van der Waals surface area contributed by atoms with Crippen LogP contribution in [0.4, 0.5) is 0 Å². The van der Waals surface area contributed by atoms with Crippen LogP contribution in [0.15, 0.2) is 86.0 Å². The van der Waals surface area contributed by atoms with Gasteiger partial charge in [0, 0.05) is 16.6 Å². The zero-order chi connectivity index (χ0) is 16.9. The van der Waals surface area contributed by atoms with E-state index in [1.54, 1.807) is 0 Å². The molecule has 2 aromatic carbocycles. The summed E-state index contributed by atoms with van der Waals surface area (Å²) in [5.74, 6) is 0. The molecule has 2 heterocycles. The molecule has 0 aliphatic rings. The van der Waals surface area contributed by atoms with Crippen molar-refractivity contribution in [2.75, 3.05) is 0 Å². The van der Waals surface area contributed by atoms with Crippen LogP contribution in [0.3, 0.4) is 0 Å². The Bertz CT molecular complexity index is 849. The minimum absolute atomic E-state index is 0.913. The summed E-state index contributed by atoms with van der Waals surface area (Å²) in [6.45, 7) is 1.83. The molecule has 0 aliphatic carbocycles. The fraction of sp³-hybridized carbons (Fsp3) is 0.158. The SMILES string of the molecule is c1ccc(-n2c[n+](CCC[n+]3cnn(-c4ccccc4)c3)cn2)cc1. The van der Waals surface area contributed by atoms with Crippen LogP contribution in [0.2, 0.25) is 0 Å². The molecule has 0 saturated heterocycles. The zero-order valence-electron chi connectivity index (χ0n) is 13.9. The van der Waals surface area contributed by atoms with Gasteiger partial charge >= 0.3 is 0 Å². The van der Waals surface area contributed by atoms with Gasteiger partial charge in [-0.15, -0.1) is 0 Å². The molecule has 0 bridgehead atoms. The fourth-order valence-electron chi connectivity index (χ4n) is 2.74. The van der Waals surface area contributed by atoms with Gasteiger partial charge in [-0.1, -0.05) is 45.8 Å². The molecule has 0 radical (unpaired) electrons. The third-order valence-electron chi connectivity index (χ3n) is 4.04. The topological polar surface area (TPSA) is 43.4 Å². The number of aromatic nitrogens is 6. The quantitative estimate of drug-likeness (QED) is 0.505. The molecule has 0 spiro atoms. The molecular weight excluding hydrogens is 312 g/mol. The van der Waals surface area contributed by atoms with E-state index in [0.717, 1.165) is 30.9 Å². The Hall–Kier alpha value is -3.28. The van der Waals surface area contributed by atoms with E-state index in [4.69, 9.17) is 0 Å². The van der Waals surface area contributed by atoms with Crippen molar-refractivity contribution >= 4 is 0 Å². The lowest BCUT2D eigenvalue weighted by Crippen LogP contribution is -2.37. The lowest BCUT2D eigenvalue weighted by Gasteiger charge is -1.96. The largest absolute Gasteiger partial charge is 0.265 e. The first-order valence-corrected chi connectivity index (χ1v) is 8.37. The Labute approximate surface area is 146 Å². The van der Waals surface area contributed by atoms with Crippen molar-refractivity contribution in [1.82, 2.24) is 19.6 Å². The van der Waals surface area contributed by atoms with Crippen molar-refractivity contribution in [1.29, 1.82) is 0 Å². The normalized spacial score (nSPS) is 10.9. The van der Waals surface area contributed by atoms with Gasteiger partial charge in [-0.25, -0.2) is 9.13 Å². The predicted octanol–water partition coefficient (Wildman–Crippen LogP) is 1.72. The standard InChI is InChI=1S/C19H20N6/c1-3-8-18(9-4-1)24-16-22(14-20-24)12-7-13-23-15-21-25(17-23)19-10-5-2-6-11-19/h1-6,8-11,14-17H,7,12-13H2/q+2. The van der Waals surface area contributed by atoms with Crippen molar-refractivity contribution in [3.05, 3.63) is 86.0 Å². The summed E-state index contributed by atoms with van der Waals surface area (Å²) in [6.07, 6.45) is 8.78. The molecule has 0 aliphatic heterocycles. The first-order valence-electron chi connectivity index (χ1n) is 8.37. The van der Waals surface area contributed by atoms with Gasteiger partial charge < -0.3 is 0 Å². The van der Waals surface area contributed by atoms with E-state index in [1.165, 1.54) is 0 Å². The van der Waals surface area contributed by atoms with Crippen molar-refractivity contribution in [2.45, 2.75) is 19.5 Å². The van der Waals surface area contributed by atoms with E-state index < -0.39 is 0 Å². The summed E-state index contributed by atoms with van der Waals surface area (Å²) in [5.41, 5.74) is 2.14. The summed E-state index contributed by atoms with van der Waals surface area (Å²) in [4.78, 5) is 0. The van der Waals surface area contributed by atoms with Crippen LogP contribution in [0, 0.1) is 0 Å². The first kappa shape index (κ1) is 15.3. The van der Waals surface area contributed by atoms with Gasteiger partial charge in [-0.05, 0) is 24.3 Å². The maximum atomic E-state index is 4.41. The van der Waals surface area contributed by atoms with Crippen LogP contribution in [0.25, 0.3) is 11.4 Å². The van der Waals surface area contributed by atoms with Gasteiger partial charge in [-0.2, -0.15) is 0 Å². The Balaban J connectivity index is 1.34. The highest BCUT2D eigenvalue weighted by Crippen LogP contribution is 2.03. The second kappa shape index (κ2) is 7.09. The highest BCUT2D eigenvalue weighted by Gasteiger charge is 2.10. The summed E-state index contributed by atoms with van der Waals surface area (Å²) in [6, 6.07) is 20.3. The van der Waals surface area contributed by atoms with Gasteiger partial charge in [-0.3, -0.25) is 0 Å². The van der Waals surface area contributed by atoms with Gasteiger partial charge in [0.15, 0.2) is 0 Å². The molecule has 0 amide bonds. The van der Waals surface area contributed by atoms with E-state index in [1.807, 2.05) is 95.3 Å². The van der Waals surface area contributed by atoms with Crippen molar-refractivity contribution in [3.8, 4) is 11.4 Å². The number of nitrogens with zero attached hydrogens (tertiary/aromatic N) is 6. The monoisotopic (exact) mass is 332 g/mol. The minimum Gasteiger partial charge on any atom is -0.237 e. The average molecular weight is 332 g/mol. The van der Waals surface area contributed by atoms with E-state index >= 15 is 0 Å². The number of rotatable bonds is 6.